The standard InChI is InChI=1S/C21H24BrN3O5/c1-3-29-16-8-6-15(7-9-16)23-19(26)11-12-20(27)24-25-21(28)14-5-10-18(30-4-2)17(22)13-14/h5-10,13H,3-4,11-12H2,1-2H3,(H,23,26)(H,24,27)(H,25,28). The van der Waals surface area contributed by atoms with Gasteiger partial charge in [0.2, 0.25) is 11.8 Å². The highest BCUT2D eigenvalue weighted by molar-refractivity contribution is 9.10. The van der Waals surface area contributed by atoms with Crippen LogP contribution in [0.2, 0.25) is 0 Å². The molecule has 0 aromatic heterocycles. The summed E-state index contributed by atoms with van der Waals surface area (Å²) in [6.07, 6.45) is -0.0976. The Kier molecular flexibility index (Phi) is 9.14. The number of carbonyl (C=O) groups excluding carboxylic acids is 3. The lowest BCUT2D eigenvalue weighted by Crippen LogP contribution is -2.41. The molecular weight excluding hydrogens is 454 g/mol. The number of ether oxygens (including phenoxy) is 2. The number of hydrogen-bond donors (Lipinski definition) is 3. The van der Waals surface area contributed by atoms with Crippen LogP contribution >= 0.6 is 15.9 Å². The number of halogens is 1. The second-order valence-electron chi connectivity index (χ2n) is 6.09. The van der Waals surface area contributed by atoms with E-state index in [1.807, 2.05) is 13.8 Å². The number of nitrogens with one attached hydrogen (secondary N) is 3. The quantitative estimate of drug-likeness (QED) is 0.479. The number of carbonyl (C=O) groups is 3. The van der Waals surface area contributed by atoms with Crippen molar-refractivity contribution >= 4 is 39.3 Å². The predicted octanol–water partition coefficient (Wildman–Crippen LogP) is 3.43. The van der Waals surface area contributed by atoms with E-state index in [-0.39, 0.29) is 18.7 Å². The Labute approximate surface area is 183 Å². The van der Waals surface area contributed by atoms with Gasteiger partial charge in [0.15, 0.2) is 0 Å². The van der Waals surface area contributed by atoms with Gasteiger partial charge in [-0.25, -0.2) is 0 Å². The molecule has 0 radical (unpaired) electrons. The molecule has 0 aliphatic carbocycles. The summed E-state index contributed by atoms with van der Waals surface area (Å²) in [6.45, 7) is 4.82. The molecule has 9 heteroatoms. The van der Waals surface area contributed by atoms with Crippen LogP contribution in [0.5, 0.6) is 11.5 Å². The van der Waals surface area contributed by atoms with Gasteiger partial charge in [0, 0.05) is 24.1 Å². The van der Waals surface area contributed by atoms with Crippen molar-refractivity contribution in [3.05, 3.63) is 52.5 Å². The Morgan fingerprint density at radius 2 is 1.53 bits per heavy atom. The van der Waals surface area contributed by atoms with Crippen molar-refractivity contribution < 1.29 is 23.9 Å². The van der Waals surface area contributed by atoms with Crippen LogP contribution in [-0.4, -0.2) is 30.9 Å². The van der Waals surface area contributed by atoms with Crippen molar-refractivity contribution in [3.8, 4) is 11.5 Å². The molecule has 0 fully saturated rings. The number of amides is 3. The first-order chi connectivity index (χ1) is 14.4. The third-order valence-corrected chi connectivity index (χ3v) is 4.46. The van der Waals surface area contributed by atoms with E-state index in [9.17, 15) is 14.4 Å². The molecule has 0 saturated heterocycles. The first-order valence-corrected chi connectivity index (χ1v) is 10.3. The number of hydrazine groups is 1. The van der Waals surface area contributed by atoms with Crippen LogP contribution < -0.4 is 25.6 Å². The Hall–Kier alpha value is -3.07. The first kappa shape index (κ1) is 23.2. The largest absolute Gasteiger partial charge is 0.494 e. The van der Waals surface area contributed by atoms with Crippen molar-refractivity contribution in [1.82, 2.24) is 10.9 Å². The monoisotopic (exact) mass is 477 g/mol. The minimum atomic E-state index is -0.481. The topological polar surface area (TPSA) is 106 Å². The molecular formula is C21H24BrN3O5. The molecule has 30 heavy (non-hydrogen) atoms. The first-order valence-electron chi connectivity index (χ1n) is 9.47. The van der Waals surface area contributed by atoms with Crippen LogP contribution in [0, 0.1) is 0 Å². The highest BCUT2D eigenvalue weighted by Crippen LogP contribution is 2.25. The van der Waals surface area contributed by atoms with E-state index >= 15 is 0 Å². The van der Waals surface area contributed by atoms with Crippen molar-refractivity contribution in [2.24, 2.45) is 0 Å². The summed E-state index contributed by atoms with van der Waals surface area (Å²) in [5, 5.41) is 2.70. The van der Waals surface area contributed by atoms with E-state index in [1.54, 1.807) is 42.5 Å². The second-order valence-corrected chi connectivity index (χ2v) is 6.94. The van der Waals surface area contributed by atoms with Gasteiger partial charge in [-0.05, 0) is 72.2 Å². The van der Waals surface area contributed by atoms with Gasteiger partial charge in [0.1, 0.15) is 11.5 Å². The fraction of sp³-hybridized carbons (Fsp3) is 0.286. The maximum Gasteiger partial charge on any atom is 0.269 e. The van der Waals surface area contributed by atoms with Crippen molar-refractivity contribution in [3.63, 3.8) is 0 Å². The van der Waals surface area contributed by atoms with Gasteiger partial charge in [0.25, 0.3) is 5.91 Å². The maximum atomic E-state index is 12.1. The number of benzene rings is 2. The van der Waals surface area contributed by atoms with E-state index in [0.717, 1.165) is 0 Å². The predicted molar refractivity (Wildman–Crippen MR) is 116 cm³/mol. The number of hydrogen-bond acceptors (Lipinski definition) is 5. The lowest BCUT2D eigenvalue weighted by molar-refractivity contribution is -0.124. The Balaban J connectivity index is 1.74. The molecule has 2 rings (SSSR count). The van der Waals surface area contributed by atoms with Crippen LogP contribution in [-0.2, 0) is 9.59 Å². The van der Waals surface area contributed by atoms with E-state index in [0.29, 0.717) is 40.4 Å². The molecule has 0 heterocycles. The van der Waals surface area contributed by atoms with Gasteiger partial charge < -0.3 is 14.8 Å². The van der Waals surface area contributed by atoms with E-state index in [4.69, 9.17) is 9.47 Å². The van der Waals surface area contributed by atoms with Crippen LogP contribution in [0.4, 0.5) is 5.69 Å². The van der Waals surface area contributed by atoms with E-state index in [2.05, 4.69) is 32.1 Å². The average molecular weight is 478 g/mol. The zero-order valence-corrected chi connectivity index (χ0v) is 18.4. The van der Waals surface area contributed by atoms with Crippen molar-refractivity contribution in [1.29, 1.82) is 0 Å². The lowest BCUT2D eigenvalue weighted by atomic mass is 10.2. The Morgan fingerprint density at radius 1 is 0.867 bits per heavy atom. The molecule has 2 aromatic rings. The molecule has 0 saturated carbocycles. The number of anilines is 1. The second kappa shape index (κ2) is 11.8. The summed E-state index contributed by atoms with van der Waals surface area (Å²) in [7, 11) is 0. The molecule has 0 spiro atoms. The third kappa shape index (κ3) is 7.40. The van der Waals surface area contributed by atoms with Gasteiger partial charge >= 0.3 is 0 Å². The smallest absolute Gasteiger partial charge is 0.269 e. The van der Waals surface area contributed by atoms with Crippen LogP contribution in [0.15, 0.2) is 46.9 Å². The lowest BCUT2D eigenvalue weighted by Gasteiger charge is -2.10. The summed E-state index contributed by atoms with van der Waals surface area (Å²) < 4.78 is 11.4. The van der Waals surface area contributed by atoms with Crippen LogP contribution in [0.1, 0.15) is 37.0 Å². The van der Waals surface area contributed by atoms with Crippen LogP contribution in [0.25, 0.3) is 0 Å². The molecule has 0 aliphatic rings. The van der Waals surface area contributed by atoms with Gasteiger partial charge in [-0.1, -0.05) is 0 Å². The van der Waals surface area contributed by atoms with E-state index in [1.165, 1.54) is 0 Å². The molecule has 160 valence electrons. The van der Waals surface area contributed by atoms with Crippen molar-refractivity contribution in [2.45, 2.75) is 26.7 Å². The van der Waals surface area contributed by atoms with Gasteiger partial charge in [-0.15, -0.1) is 0 Å². The van der Waals surface area contributed by atoms with Crippen LogP contribution in [0.3, 0.4) is 0 Å². The molecule has 3 N–H and O–H groups in total. The summed E-state index contributed by atoms with van der Waals surface area (Å²) in [4.78, 5) is 36.0. The highest BCUT2D eigenvalue weighted by Gasteiger charge is 2.12. The molecule has 0 unspecified atom stereocenters. The van der Waals surface area contributed by atoms with Gasteiger partial charge in [0.05, 0.1) is 17.7 Å². The molecule has 0 aliphatic heterocycles. The highest BCUT2D eigenvalue weighted by atomic mass is 79.9. The molecule has 2 aromatic carbocycles. The van der Waals surface area contributed by atoms with Crippen molar-refractivity contribution in [2.75, 3.05) is 18.5 Å². The zero-order chi connectivity index (χ0) is 21.9. The summed E-state index contributed by atoms with van der Waals surface area (Å²) in [5.74, 6) is 0.0685. The zero-order valence-electron chi connectivity index (χ0n) is 16.8. The fourth-order valence-corrected chi connectivity index (χ4v) is 2.92. The molecule has 8 nitrogen and oxygen atoms in total. The molecule has 0 atom stereocenters. The summed E-state index contributed by atoms with van der Waals surface area (Å²) >= 11 is 3.33. The maximum absolute atomic E-state index is 12.1. The summed E-state index contributed by atoms with van der Waals surface area (Å²) in [5.41, 5.74) is 5.58. The Morgan fingerprint density at radius 3 is 2.17 bits per heavy atom. The van der Waals surface area contributed by atoms with Gasteiger partial charge in [-0.3, -0.25) is 25.2 Å². The average Bonchev–Trinajstić information content (AvgIpc) is 2.73. The normalized spacial score (nSPS) is 10.1. The minimum Gasteiger partial charge on any atom is -0.494 e. The van der Waals surface area contributed by atoms with Gasteiger partial charge in [-0.2, -0.15) is 0 Å². The molecule has 3 amide bonds. The SMILES string of the molecule is CCOc1ccc(NC(=O)CCC(=O)NNC(=O)c2ccc(OCC)c(Br)c2)cc1. The molecule has 0 bridgehead atoms. The number of rotatable bonds is 9. The third-order valence-electron chi connectivity index (χ3n) is 3.84. The summed E-state index contributed by atoms with van der Waals surface area (Å²) in [6, 6.07) is 11.8. The fourth-order valence-electron chi connectivity index (χ4n) is 2.43. The van der Waals surface area contributed by atoms with E-state index < -0.39 is 11.8 Å². The minimum absolute atomic E-state index is 0.0243. The Bertz CT molecular complexity index is 887.